The van der Waals surface area contributed by atoms with Crippen LogP contribution in [0.5, 0.6) is 0 Å². The third kappa shape index (κ3) is 4.55. The molecule has 0 aliphatic carbocycles. The first-order chi connectivity index (χ1) is 11.2. The van der Waals surface area contributed by atoms with Crippen molar-refractivity contribution >= 4 is 34.0 Å². The van der Waals surface area contributed by atoms with Gasteiger partial charge in [0.15, 0.2) is 4.96 Å². The van der Waals surface area contributed by atoms with Gasteiger partial charge in [0.25, 0.3) is 5.56 Å². The lowest BCUT2D eigenvalue weighted by Gasteiger charge is -2.22. The van der Waals surface area contributed by atoms with E-state index >= 15 is 0 Å². The highest BCUT2D eigenvalue weighted by molar-refractivity contribution is 7.99. The van der Waals surface area contributed by atoms with Crippen LogP contribution in [-0.4, -0.2) is 40.7 Å². The van der Waals surface area contributed by atoms with E-state index in [9.17, 15) is 9.59 Å². The molecule has 0 bridgehead atoms. The number of aromatic nitrogens is 2. The van der Waals surface area contributed by atoms with Crippen LogP contribution in [0.2, 0.25) is 0 Å². The topological polar surface area (TPSA) is 75.5 Å². The van der Waals surface area contributed by atoms with E-state index in [4.69, 9.17) is 0 Å². The standard InChI is InChI=1S/C15H20N4O2S2/c20-13(17-8-11-2-1-3-16-7-11)10-22-9-12-6-14(21)19-4-5-23-15(19)18-12/h4-6,11,16H,1-3,7-10H2,(H,17,20). The number of carbonyl (C=O) groups excluding carboxylic acids is 1. The van der Waals surface area contributed by atoms with Crippen molar-refractivity contribution in [2.75, 3.05) is 25.4 Å². The predicted octanol–water partition coefficient (Wildman–Crippen LogP) is 1.10. The van der Waals surface area contributed by atoms with Gasteiger partial charge in [-0.2, -0.15) is 0 Å². The average molecular weight is 352 g/mol. The van der Waals surface area contributed by atoms with Crippen molar-refractivity contribution in [1.82, 2.24) is 20.0 Å². The molecule has 1 saturated heterocycles. The second-order valence-electron chi connectivity index (χ2n) is 5.65. The Hall–Kier alpha value is -1.38. The number of fused-ring (bicyclic) bond motifs is 1. The number of thiazole rings is 1. The predicted molar refractivity (Wildman–Crippen MR) is 94.1 cm³/mol. The first kappa shape index (κ1) is 16.5. The van der Waals surface area contributed by atoms with Gasteiger partial charge in [-0.05, 0) is 31.8 Å². The zero-order valence-electron chi connectivity index (χ0n) is 12.8. The second kappa shape index (κ2) is 7.94. The van der Waals surface area contributed by atoms with Gasteiger partial charge < -0.3 is 10.6 Å². The fourth-order valence-electron chi connectivity index (χ4n) is 2.62. The Balaban J connectivity index is 1.42. The molecule has 1 unspecified atom stereocenters. The van der Waals surface area contributed by atoms with Crippen LogP contribution in [-0.2, 0) is 10.5 Å². The van der Waals surface area contributed by atoms with Crippen LogP contribution in [0.4, 0.5) is 0 Å². The number of rotatable bonds is 6. The molecule has 124 valence electrons. The van der Waals surface area contributed by atoms with E-state index in [-0.39, 0.29) is 11.5 Å². The molecular formula is C15H20N4O2S2. The third-order valence-corrected chi connectivity index (χ3v) is 5.55. The number of piperidine rings is 1. The molecule has 2 aromatic heterocycles. The number of carbonyl (C=O) groups is 1. The minimum absolute atomic E-state index is 0.0505. The summed E-state index contributed by atoms with van der Waals surface area (Å²) in [5, 5.41) is 8.18. The maximum atomic E-state index is 11.9. The van der Waals surface area contributed by atoms with Gasteiger partial charge in [-0.3, -0.25) is 14.0 Å². The summed E-state index contributed by atoms with van der Waals surface area (Å²) in [5.41, 5.74) is 0.660. The summed E-state index contributed by atoms with van der Waals surface area (Å²) in [6.07, 6.45) is 4.08. The molecule has 1 amide bonds. The van der Waals surface area contributed by atoms with E-state index in [0.29, 0.717) is 22.4 Å². The van der Waals surface area contributed by atoms with Crippen molar-refractivity contribution < 1.29 is 4.79 Å². The Morgan fingerprint density at radius 1 is 1.57 bits per heavy atom. The van der Waals surface area contributed by atoms with Crippen molar-refractivity contribution in [2.24, 2.45) is 5.92 Å². The summed E-state index contributed by atoms with van der Waals surface area (Å²) in [6.45, 7) is 2.82. The van der Waals surface area contributed by atoms with Gasteiger partial charge in [-0.1, -0.05) is 0 Å². The SMILES string of the molecule is O=C(CSCc1cc(=O)n2ccsc2n1)NCC1CCCNC1. The van der Waals surface area contributed by atoms with E-state index in [2.05, 4.69) is 15.6 Å². The number of hydrogen-bond donors (Lipinski definition) is 2. The first-order valence-corrected chi connectivity index (χ1v) is 9.77. The number of nitrogens with one attached hydrogen (secondary N) is 2. The molecule has 1 aliphatic rings. The molecule has 23 heavy (non-hydrogen) atoms. The zero-order chi connectivity index (χ0) is 16.1. The Morgan fingerprint density at radius 2 is 2.48 bits per heavy atom. The highest BCUT2D eigenvalue weighted by Crippen LogP contribution is 2.12. The van der Waals surface area contributed by atoms with E-state index in [1.54, 1.807) is 12.3 Å². The quantitative estimate of drug-likeness (QED) is 0.814. The van der Waals surface area contributed by atoms with Crippen LogP contribution in [0.1, 0.15) is 18.5 Å². The molecule has 3 rings (SSSR count). The molecular weight excluding hydrogens is 332 g/mol. The Kier molecular flexibility index (Phi) is 5.69. The van der Waals surface area contributed by atoms with Gasteiger partial charge in [-0.25, -0.2) is 4.98 Å². The molecule has 0 saturated carbocycles. The average Bonchev–Trinajstić information content (AvgIpc) is 3.03. The molecule has 1 fully saturated rings. The lowest BCUT2D eigenvalue weighted by Crippen LogP contribution is -2.38. The van der Waals surface area contributed by atoms with Crippen molar-refractivity contribution in [3.8, 4) is 0 Å². The monoisotopic (exact) mass is 352 g/mol. The number of amides is 1. The molecule has 2 aromatic rings. The smallest absolute Gasteiger partial charge is 0.258 e. The van der Waals surface area contributed by atoms with Crippen LogP contribution in [0.3, 0.4) is 0 Å². The summed E-state index contributed by atoms with van der Waals surface area (Å²) in [4.78, 5) is 28.9. The largest absolute Gasteiger partial charge is 0.355 e. The van der Waals surface area contributed by atoms with Crippen LogP contribution >= 0.6 is 23.1 Å². The lowest BCUT2D eigenvalue weighted by molar-refractivity contribution is -0.118. The summed E-state index contributed by atoms with van der Waals surface area (Å²) in [5.74, 6) is 1.56. The molecule has 0 radical (unpaired) electrons. The number of thioether (sulfide) groups is 1. The molecule has 8 heteroatoms. The zero-order valence-corrected chi connectivity index (χ0v) is 14.4. The second-order valence-corrected chi connectivity index (χ2v) is 7.51. The van der Waals surface area contributed by atoms with E-state index in [1.807, 2.05) is 5.38 Å². The minimum Gasteiger partial charge on any atom is -0.355 e. The van der Waals surface area contributed by atoms with Gasteiger partial charge in [-0.15, -0.1) is 23.1 Å². The molecule has 3 heterocycles. The summed E-state index contributed by atoms with van der Waals surface area (Å²) in [7, 11) is 0. The Labute approximate surface area is 142 Å². The van der Waals surface area contributed by atoms with Crippen molar-refractivity contribution in [2.45, 2.75) is 18.6 Å². The van der Waals surface area contributed by atoms with Gasteiger partial charge >= 0.3 is 0 Å². The summed E-state index contributed by atoms with van der Waals surface area (Å²) in [6, 6.07) is 1.54. The van der Waals surface area contributed by atoms with Crippen LogP contribution in [0, 0.1) is 5.92 Å². The van der Waals surface area contributed by atoms with Crippen molar-refractivity contribution in [3.05, 3.63) is 33.7 Å². The maximum Gasteiger partial charge on any atom is 0.258 e. The van der Waals surface area contributed by atoms with E-state index < -0.39 is 0 Å². The van der Waals surface area contributed by atoms with Crippen molar-refractivity contribution in [3.63, 3.8) is 0 Å². The number of hydrogen-bond acceptors (Lipinski definition) is 6. The van der Waals surface area contributed by atoms with Crippen LogP contribution in [0.15, 0.2) is 22.4 Å². The lowest BCUT2D eigenvalue weighted by atomic mass is 10.00. The van der Waals surface area contributed by atoms with Gasteiger partial charge in [0, 0.05) is 29.9 Å². The van der Waals surface area contributed by atoms with Gasteiger partial charge in [0.1, 0.15) is 0 Å². The van der Waals surface area contributed by atoms with Crippen LogP contribution in [0.25, 0.3) is 4.96 Å². The first-order valence-electron chi connectivity index (χ1n) is 7.73. The third-order valence-electron chi connectivity index (χ3n) is 3.83. The van der Waals surface area contributed by atoms with Crippen LogP contribution < -0.4 is 16.2 Å². The molecule has 0 spiro atoms. The fourth-order valence-corrected chi connectivity index (χ4v) is 4.10. The molecule has 1 atom stereocenters. The maximum absolute atomic E-state index is 11.9. The molecule has 0 aromatic carbocycles. The summed E-state index contributed by atoms with van der Waals surface area (Å²) >= 11 is 2.92. The van der Waals surface area contributed by atoms with Gasteiger partial charge in [0.05, 0.1) is 11.4 Å². The van der Waals surface area contributed by atoms with Gasteiger partial charge in [0.2, 0.25) is 5.91 Å². The molecule has 1 aliphatic heterocycles. The van der Waals surface area contributed by atoms with Crippen molar-refractivity contribution in [1.29, 1.82) is 0 Å². The molecule has 2 N–H and O–H groups in total. The van der Waals surface area contributed by atoms with E-state index in [0.717, 1.165) is 25.3 Å². The highest BCUT2D eigenvalue weighted by atomic mass is 32.2. The molecule has 6 nitrogen and oxygen atoms in total. The normalized spacial score (nSPS) is 18.2. The highest BCUT2D eigenvalue weighted by Gasteiger charge is 2.13. The fraction of sp³-hybridized carbons (Fsp3) is 0.533. The number of nitrogens with zero attached hydrogens (tertiary/aromatic N) is 2. The minimum atomic E-state index is -0.0684. The van der Waals surface area contributed by atoms with E-state index in [1.165, 1.54) is 40.3 Å². The Morgan fingerprint density at radius 3 is 3.30 bits per heavy atom. The Bertz CT molecular complexity index is 722. The summed E-state index contributed by atoms with van der Waals surface area (Å²) < 4.78 is 1.53.